The molecule has 2 aromatic rings. The minimum Gasteiger partial charge on any atom is -0.483 e. The lowest BCUT2D eigenvalue weighted by Crippen LogP contribution is -2.26. The minimum absolute atomic E-state index is 0.148. The molecule has 2 heteroatoms. The molecule has 0 bridgehead atoms. The van der Waals surface area contributed by atoms with Crippen LogP contribution < -0.4 is 0 Å². The van der Waals surface area contributed by atoms with Crippen LogP contribution in [0.15, 0.2) is 41.4 Å². The number of ether oxygens (including phenoxy) is 1. The predicted octanol–water partition coefficient (Wildman–Crippen LogP) is 3.81. The molecular weight excluding hydrogens is 210 g/mol. The molecule has 0 amide bonds. The highest BCUT2D eigenvalue weighted by Crippen LogP contribution is 2.44. The summed E-state index contributed by atoms with van der Waals surface area (Å²) in [5, 5.41) is 2.53. The second-order valence-corrected chi connectivity index (χ2v) is 4.93. The van der Waals surface area contributed by atoms with E-state index in [2.05, 4.69) is 55.2 Å². The summed E-state index contributed by atoms with van der Waals surface area (Å²) in [7, 11) is 1.69. The normalized spacial score (nSPS) is 16.8. The molecule has 2 aromatic carbocycles. The first-order chi connectivity index (χ1) is 8.14. The molecule has 0 spiro atoms. The third-order valence-electron chi connectivity index (χ3n) is 3.48. The van der Waals surface area contributed by atoms with Gasteiger partial charge < -0.3 is 4.74 Å². The maximum Gasteiger partial charge on any atom is 0.198 e. The molecule has 0 saturated heterocycles. The Morgan fingerprint density at radius 3 is 2.59 bits per heavy atom. The molecule has 3 rings (SSSR count). The molecule has 0 N–H and O–H groups in total. The molecule has 0 unspecified atom stereocenters. The van der Waals surface area contributed by atoms with E-state index < -0.39 is 0 Å². The van der Waals surface area contributed by atoms with Crippen molar-refractivity contribution in [1.29, 1.82) is 0 Å². The number of methoxy groups -OCH3 is 1. The number of aliphatic imine (C=N–C) groups is 1. The van der Waals surface area contributed by atoms with Crippen LogP contribution in [0.5, 0.6) is 0 Å². The van der Waals surface area contributed by atoms with Gasteiger partial charge in [0.15, 0.2) is 5.90 Å². The van der Waals surface area contributed by atoms with E-state index in [9.17, 15) is 0 Å². The standard InChI is InChI=1S/C15H15NO/c1-15(2)13-11-7-5-4-6-10(11)8-9-12(13)16-14(15)17-3/h4-9H,1-3H3. The van der Waals surface area contributed by atoms with Gasteiger partial charge in [0.25, 0.3) is 0 Å². The van der Waals surface area contributed by atoms with Crippen molar-refractivity contribution in [1.82, 2.24) is 0 Å². The first kappa shape index (κ1) is 10.3. The van der Waals surface area contributed by atoms with E-state index in [0.717, 1.165) is 11.6 Å². The van der Waals surface area contributed by atoms with Gasteiger partial charge in [-0.2, -0.15) is 0 Å². The quantitative estimate of drug-likeness (QED) is 0.668. The highest BCUT2D eigenvalue weighted by Gasteiger charge is 2.37. The summed E-state index contributed by atoms with van der Waals surface area (Å²) in [5.74, 6) is 0.795. The molecule has 0 fully saturated rings. The largest absolute Gasteiger partial charge is 0.483 e. The van der Waals surface area contributed by atoms with Crippen LogP contribution in [-0.2, 0) is 10.2 Å². The van der Waals surface area contributed by atoms with Crippen molar-refractivity contribution in [2.24, 2.45) is 4.99 Å². The summed E-state index contributed by atoms with van der Waals surface area (Å²) in [5.41, 5.74) is 2.16. The van der Waals surface area contributed by atoms with Gasteiger partial charge in [-0.3, -0.25) is 0 Å². The van der Waals surface area contributed by atoms with E-state index in [0.29, 0.717) is 0 Å². The van der Waals surface area contributed by atoms with Crippen molar-refractivity contribution < 1.29 is 4.74 Å². The maximum atomic E-state index is 5.41. The Bertz CT molecular complexity index is 626. The summed E-state index contributed by atoms with van der Waals surface area (Å²) in [4.78, 5) is 4.57. The van der Waals surface area contributed by atoms with Crippen LogP contribution in [0.3, 0.4) is 0 Å². The Labute approximate surface area is 101 Å². The SMILES string of the molecule is COC1=Nc2ccc3ccccc3c2C1(C)C. The zero-order chi connectivity index (χ0) is 12.0. The molecule has 0 aliphatic carbocycles. The van der Waals surface area contributed by atoms with Crippen molar-refractivity contribution >= 4 is 22.4 Å². The number of hydrogen-bond donors (Lipinski definition) is 0. The molecule has 0 aromatic heterocycles. The average Bonchev–Trinajstić information content (AvgIpc) is 2.61. The first-order valence-electron chi connectivity index (χ1n) is 5.80. The van der Waals surface area contributed by atoms with E-state index >= 15 is 0 Å². The molecule has 86 valence electrons. The maximum absolute atomic E-state index is 5.41. The van der Waals surface area contributed by atoms with Gasteiger partial charge in [0.2, 0.25) is 0 Å². The van der Waals surface area contributed by atoms with E-state index in [-0.39, 0.29) is 5.41 Å². The highest BCUT2D eigenvalue weighted by atomic mass is 16.5. The first-order valence-corrected chi connectivity index (χ1v) is 5.80. The van der Waals surface area contributed by atoms with Crippen LogP contribution in [-0.4, -0.2) is 13.0 Å². The Kier molecular flexibility index (Phi) is 2.02. The molecule has 0 saturated carbocycles. The van der Waals surface area contributed by atoms with Gasteiger partial charge in [-0.05, 0) is 30.7 Å². The van der Waals surface area contributed by atoms with Crippen molar-refractivity contribution in [2.75, 3.05) is 7.11 Å². The third-order valence-corrected chi connectivity index (χ3v) is 3.48. The Morgan fingerprint density at radius 2 is 1.82 bits per heavy atom. The highest BCUT2D eigenvalue weighted by molar-refractivity contribution is 6.03. The summed E-state index contributed by atoms with van der Waals surface area (Å²) in [6.45, 7) is 4.32. The van der Waals surface area contributed by atoms with Gasteiger partial charge in [0.05, 0.1) is 18.2 Å². The molecule has 0 radical (unpaired) electrons. The number of hydrogen-bond acceptors (Lipinski definition) is 2. The fourth-order valence-electron chi connectivity index (χ4n) is 2.67. The zero-order valence-electron chi connectivity index (χ0n) is 10.3. The number of nitrogens with zero attached hydrogens (tertiary/aromatic N) is 1. The molecular formula is C15H15NO. The third kappa shape index (κ3) is 1.30. The fourth-order valence-corrected chi connectivity index (χ4v) is 2.67. The number of fused-ring (bicyclic) bond motifs is 3. The van der Waals surface area contributed by atoms with Gasteiger partial charge in [0, 0.05) is 5.56 Å². The summed E-state index contributed by atoms with van der Waals surface area (Å²) >= 11 is 0. The van der Waals surface area contributed by atoms with E-state index in [1.165, 1.54) is 16.3 Å². The molecule has 17 heavy (non-hydrogen) atoms. The summed E-state index contributed by atoms with van der Waals surface area (Å²) in [6, 6.07) is 12.6. The van der Waals surface area contributed by atoms with Crippen LogP contribution in [0.1, 0.15) is 19.4 Å². The summed E-state index contributed by atoms with van der Waals surface area (Å²) < 4.78 is 5.41. The topological polar surface area (TPSA) is 21.6 Å². The van der Waals surface area contributed by atoms with E-state index in [1.807, 2.05) is 0 Å². The minimum atomic E-state index is -0.148. The Morgan fingerprint density at radius 1 is 1.06 bits per heavy atom. The smallest absolute Gasteiger partial charge is 0.198 e. The van der Waals surface area contributed by atoms with Gasteiger partial charge in [-0.15, -0.1) is 0 Å². The van der Waals surface area contributed by atoms with Gasteiger partial charge >= 0.3 is 0 Å². The number of rotatable bonds is 0. The molecule has 2 nitrogen and oxygen atoms in total. The van der Waals surface area contributed by atoms with Crippen molar-refractivity contribution in [2.45, 2.75) is 19.3 Å². The van der Waals surface area contributed by atoms with E-state index in [1.54, 1.807) is 7.11 Å². The van der Waals surface area contributed by atoms with Gasteiger partial charge in [-0.25, -0.2) is 4.99 Å². The van der Waals surface area contributed by atoms with Gasteiger partial charge in [0.1, 0.15) is 0 Å². The molecule has 1 aliphatic rings. The van der Waals surface area contributed by atoms with Crippen molar-refractivity contribution in [3.05, 3.63) is 42.0 Å². The van der Waals surface area contributed by atoms with Crippen LogP contribution in [0.25, 0.3) is 10.8 Å². The second kappa shape index (κ2) is 3.33. The van der Waals surface area contributed by atoms with E-state index in [4.69, 9.17) is 4.74 Å². The predicted molar refractivity (Wildman–Crippen MR) is 71.1 cm³/mol. The zero-order valence-corrected chi connectivity index (χ0v) is 10.3. The monoisotopic (exact) mass is 225 g/mol. The van der Waals surface area contributed by atoms with Crippen molar-refractivity contribution in [3.63, 3.8) is 0 Å². The van der Waals surface area contributed by atoms with Crippen LogP contribution in [0.4, 0.5) is 5.69 Å². The molecule has 0 atom stereocenters. The fraction of sp³-hybridized carbons (Fsp3) is 0.267. The van der Waals surface area contributed by atoms with Gasteiger partial charge in [-0.1, -0.05) is 30.3 Å². The van der Waals surface area contributed by atoms with Crippen LogP contribution >= 0.6 is 0 Å². The molecule has 1 aliphatic heterocycles. The summed E-state index contributed by atoms with van der Waals surface area (Å²) in [6.07, 6.45) is 0. The molecule has 1 heterocycles. The number of benzene rings is 2. The van der Waals surface area contributed by atoms with Crippen LogP contribution in [0.2, 0.25) is 0 Å². The second-order valence-electron chi connectivity index (χ2n) is 4.93. The Balaban J connectivity index is 2.37. The lowest BCUT2D eigenvalue weighted by atomic mass is 9.82. The van der Waals surface area contributed by atoms with Crippen LogP contribution in [0, 0.1) is 0 Å². The average molecular weight is 225 g/mol. The van der Waals surface area contributed by atoms with Crippen molar-refractivity contribution in [3.8, 4) is 0 Å². The lowest BCUT2D eigenvalue weighted by molar-refractivity contribution is 0.366. The lowest BCUT2D eigenvalue weighted by Gasteiger charge is -2.22. The Hall–Kier alpha value is -1.83.